The van der Waals surface area contributed by atoms with E-state index in [4.69, 9.17) is 5.14 Å². The fourth-order valence-electron chi connectivity index (χ4n) is 2.64. The summed E-state index contributed by atoms with van der Waals surface area (Å²) < 4.78 is 36.6. The lowest BCUT2D eigenvalue weighted by atomic mass is 10.0. The number of hydrogen-bond acceptors (Lipinski definition) is 5. The number of sulfonamides is 1. The van der Waals surface area contributed by atoms with E-state index in [2.05, 4.69) is 16.5 Å². The third-order valence-corrected chi connectivity index (χ3v) is 5.55. The van der Waals surface area contributed by atoms with Crippen LogP contribution in [0, 0.1) is 5.82 Å². The van der Waals surface area contributed by atoms with Crippen LogP contribution >= 0.6 is 11.8 Å². The topological polar surface area (TPSA) is 92.5 Å². The van der Waals surface area contributed by atoms with Gasteiger partial charge in [0.25, 0.3) is 5.91 Å². The number of primary sulfonamides is 1. The molecule has 0 spiro atoms. The van der Waals surface area contributed by atoms with E-state index in [0.29, 0.717) is 0 Å². The maximum Gasteiger partial charge on any atom is 0.254 e. The van der Waals surface area contributed by atoms with Crippen molar-refractivity contribution in [1.29, 1.82) is 0 Å². The fraction of sp³-hybridized carbons (Fsp3) is 0.533. The van der Waals surface area contributed by atoms with Gasteiger partial charge in [0.15, 0.2) is 0 Å². The number of hydrogen-bond donors (Lipinski definition) is 2. The zero-order valence-electron chi connectivity index (χ0n) is 13.5. The molecule has 0 aliphatic carbocycles. The molecule has 0 unspecified atom stereocenters. The molecule has 2 rings (SSSR count). The Balaban J connectivity index is 1.98. The monoisotopic (exact) mass is 375 g/mol. The predicted molar refractivity (Wildman–Crippen MR) is 93.1 cm³/mol. The maximum atomic E-state index is 13.9. The Bertz CT molecular complexity index is 689. The second-order valence-corrected chi connectivity index (χ2v) is 8.32. The predicted octanol–water partition coefficient (Wildman–Crippen LogP) is 1.03. The number of nitrogens with zero attached hydrogens (tertiary/aromatic N) is 1. The molecule has 0 bridgehead atoms. The van der Waals surface area contributed by atoms with Crippen molar-refractivity contribution >= 4 is 27.7 Å². The van der Waals surface area contributed by atoms with Gasteiger partial charge in [0.2, 0.25) is 10.0 Å². The Morgan fingerprint density at radius 3 is 2.67 bits per heavy atom. The highest BCUT2D eigenvalue weighted by Gasteiger charge is 2.23. The lowest BCUT2D eigenvalue weighted by molar-refractivity contribution is 0.0908. The normalized spacial score (nSPS) is 17.0. The molecule has 1 saturated heterocycles. The summed E-state index contributed by atoms with van der Waals surface area (Å²) >= 11 is 1.80. The molecule has 134 valence electrons. The highest BCUT2D eigenvalue weighted by molar-refractivity contribution is 7.98. The van der Waals surface area contributed by atoms with Gasteiger partial charge in [-0.2, -0.15) is 11.8 Å². The van der Waals surface area contributed by atoms with Gasteiger partial charge in [-0.05, 0) is 37.3 Å². The van der Waals surface area contributed by atoms with Crippen molar-refractivity contribution in [3.63, 3.8) is 0 Å². The number of likely N-dealkylation sites (tertiary alicyclic amines) is 1. The molecule has 9 heteroatoms. The van der Waals surface area contributed by atoms with Crippen molar-refractivity contribution in [3.05, 3.63) is 29.6 Å². The van der Waals surface area contributed by atoms with Crippen LogP contribution in [0.5, 0.6) is 0 Å². The summed E-state index contributed by atoms with van der Waals surface area (Å²) in [5.74, 6) is -0.305. The van der Waals surface area contributed by atoms with E-state index in [9.17, 15) is 17.6 Å². The van der Waals surface area contributed by atoms with E-state index in [1.165, 1.54) is 0 Å². The van der Waals surface area contributed by atoms with Gasteiger partial charge in [0.1, 0.15) is 5.82 Å². The number of nitrogens with one attached hydrogen (secondary N) is 1. The van der Waals surface area contributed by atoms with E-state index in [1.807, 2.05) is 0 Å². The molecule has 0 radical (unpaired) electrons. The van der Waals surface area contributed by atoms with Crippen LogP contribution in [0.25, 0.3) is 0 Å². The zero-order valence-corrected chi connectivity index (χ0v) is 15.1. The summed E-state index contributed by atoms with van der Waals surface area (Å²) in [7, 11) is -3.98. The molecule has 6 nitrogen and oxygen atoms in total. The molecule has 1 aliphatic rings. The molecule has 1 aromatic carbocycles. The third kappa shape index (κ3) is 5.17. The molecule has 0 atom stereocenters. The first-order valence-electron chi connectivity index (χ1n) is 7.66. The Kier molecular flexibility index (Phi) is 6.62. The lowest BCUT2D eigenvalue weighted by Crippen LogP contribution is -2.45. The average Bonchev–Trinajstić information content (AvgIpc) is 2.53. The van der Waals surface area contributed by atoms with Crippen molar-refractivity contribution < 1.29 is 17.6 Å². The summed E-state index contributed by atoms with van der Waals surface area (Å²) in [6.45, 7) is 2.78. The summed E-state index contributed by atoms with van der Waals surface area (Å²) in [4.78, 5) is 14.3. The molecule has 1 aliphatic heterocycles. The van der Waals surface area contributed by atoms with Gasteiger partial charge in [0, 0.05) is 31.4 Å². The number of rotatable bonds is 6. The SMILES string of the molecule is CSCCN1CCC(NC(=O)c2cc(S(N)(=O)=O)ccc2F)CC1. The molecule has 3 N–H and O–H groups in total. The standard InChI is InChI=1S/C15H22FN3O3S2/c1-23-9-8-19-6-4-11(5-7-19)18-15(20)13-10-12(24(17,21)22)2-3-14(13)16/h2-3,10-11H,4-9H2,1H3,(H,18,20)(H2,17,21,22). The average molecular weight is 375 g/mol. The van der Waals surface area contributed by atoms with E-state index >= 15 is 0 Å². The minimum absolute atomic E-state index is 0.0411. The van der Waals surface area contributed by atoms with E-state index < -0.39 is 21.7 Å². The van der Waals surface area contributed by atoms with Crippen LogP contribution in [0.4, 0.5) is 4.39 Å². The summed E-state index contributed by atoms with van der Waals surface area (Å²) in [5, 5.41) is 7.81. The number of piperidine rings is 1. The van der Waals surface area contributed by atoms with Crippen LogP contribution in [-0.4, -0.2) is 56.9 Å². The maximum absolute atomic E-state index is 13.9. The van der Waals surface area contributed by atoms with Crippen molar-refractivity contribution in [2.24, 2.45) is 5.14 Å². The quantitative estimate of drug-likeness (QED) is 0.775. The number of halogens is 1. The van der Waals surface area contributed by atoms with E-state index in [1.54, 1.807) is 11.8 Å². The smallest absolute Gasteiger partial charge is 0.254 e. The Labute approximate surface area is 146 Å². The summed E-state index contributed by atoms with van der Waals surface area (Å²) in [6.07, 6.45) is 3.64. The highest BCUT2D eigenvalue weighted by atomic mass is 32.2. The molecule has 0 saturated carbocycles. The number of thioether (sulfide) groups is 1. The van der Waals surface area contributed by atoms with Gasteiger partial charge >= 0.3 is 0 Å². The minimum Gasteiger partial charge on any atom is -0.349 e. The number of carbonyl (C=O) groups excluding carboxylic acids is 1. The van der Waals surface area contributed by atoms with Gasteiger partial charge in [-0.15, -0.1) is 0 Å². The van der Waals surface area contributed by atoms with Gasteiger partial charge in [0.05, 0.1) is 10.5 Å². The lowest BCUT2D eigenvalue weighted by Gasteiger charge is -2.32. The number of amides is 1. The van der Waals surface area contributed by atoms with Crippen LogP contribution in [0.3, 0.4) is 0 Å². The van der Waals surface area contributed by atoms with Crippen LogP contribution in [0.2, 0.25) is 0 Å². The molecule has 0 aromatic heterocycles. The Morgan fingerprint density at radius 1 is 1.42 bits per heavy atom. The molecule has 1 heterocycles. The third-order valence-electron chi connectivity index (χ3n) is 4.05. The van der Waals surface area contributed by atoms with E-state index in [0.717, 1.165) is 56.4 Å². The first kappa shape index (κ1) is 19.2. The van der Waals surface area contributed by atoms with E-state index in [-0.39, 0.29) is 16.5 Å². The molecule has 1 amide bonds. The second-order valence-electron chi connectivity index (χ2n) is 5.77. The van der Waals surface area contributed by atoms with Crippen LogP contribution in [-0.2, 0) is 10.0 Å². The highest BCUT2D eigenvalue weighted by Crippen LogP contribution is 2.16. The van der Waals surface area contributed by atoms with Crippen LogP contribution in [0.1, 0.15) is 23.2 Å². The van der Waals surface area contributed by atoms with Gasteiger partial charge in [-0.25, -0.2) is 17.9 Å². The van der Waals surface area contributed by atoms with Crippen molar-refractivity contribution in [3.8, 4) is 0 Å². The Morgan fingerprint density at radius 2 is 2.08 bits per heavy atom. The molecular formula is C15H22FN3O3S2. The zero-order chi connectivity index (χ0) is 17.7. The van der Waals surface area contributed by atoms with Gasteiger partial charge in [-0.1, -0.05) is 0 Å². The fourth-order valence-corrected chi connectivity index (χ4v) is 3.62. The number of benzene rings is 1. The number of nitrogens with two attached hydrogens (primary N) is 1. The van der Waals surface area contributed by atoms with Gasteiger partial charge < -0.3 is 10.2 Å². The molecule has 24 heavy (non-hydrogen) atoms. The van der Waals surface area contributed by atoms with Crippen molar-refractivity contribution in [1.82, 2.24) is 10.2 Å². The van der Waals surface area contributed by atoms with Crippen LogP contribution < -0.4 is 10.5 Å². The minimum atomic E-state index is -3.98. The van der Waals surface area contributed by atoms with Crippen molar-refractivity contribution in [2.45, 2.75) is 23.8 Å². The van der Waals surface area contributed by atoms with Crippen LogP contribution in [0.15, 0.2) is 23.1 Å². The second kappa shape index (κ2) is 8.28. The van der Waals surface area contributed by atoms with Crippen molar-refractivity contribution in [2.75, 3.05) is 31.6 Å². The first-order chi connectivity index (χ1) is 11.3. The summed E-state index contributed by atoms with van der Waals surface area (Å²) in [5.41, 5.74) is -0.300. The van der Waals surface area contributed by atoms with Gasteiger partial charge in [-0.3, -0.25) is 4.79 Å². The summed E-state index contributed by atoms with van der Waals surface area (Å²) in [6, 6.07) is 2.93. The largest absolute Gasteiger partial charge is 0.349 e. The number of carbonyl (C=O) groups is 1. The Hall–Kier alpha value is -1.16. The first-order valence-corrected chi connectivity index (χ1v) is 10.6. The molecule has 1 fully saturated rings. The molecular weight excluding hydrogens is 353 g/mol. The molecule has 1 aromatic rings.